The lowest BCUT2D eigenvalue weighted by Gasteiger charge is -2.07. The molecular weight excluding hydrogens is 267 g/mol. The monoisotopic (exact) mass is 278 g/mol. The van der Waals surface area contributed by atoms with Gasteiger partial charge < -0.3 is 14.7 Å². The first-order chi connectivity index (χ1) is 9.00. The van der Waals surface area contributed by atoms with Gasteiger partial charge in [0.15, 0.2) is 0 Å². The van der Waals surface area contributed by atoms with Crippen LogP contribution in [0.15, 0.2) is 64.4 Å². The zero-order chi connectivity index (χ0) is 13.9. The third-order valence-corrected chi connectivity index (χ3v) is 4.21. The largest absolute Gasteiger partial charge is 0.707 e. The van der Waals surface area contributed by atoms with E-state index in [0.29, 0.717) is 0 Å². The molecule has 7 heteroatoms. The van der Waals surface area contributed by atoms with Crippen molar-refractivity contribution in [2.24, 2.45) is 0 Å². The normalized spacial score (nSPS) is 11.1. The first-order valence-corrected chi connectivity index (χ1v) is 6.91. The lowest BCUT2D eigenvalue weighted by atomic mass is 10.2. The molecule has 0 bridgehead atoms. The van der Waals surface area contributed by atoms with E-state index in [1.807, 2.05) is 0 Å². The van der Waals surface area contributed by atoms with E-state index in [-0.39, 0.29) is 15.5 Å². The fourth-order valence-corrected chi connectivity index (χ4v) is 2.84. The van der Waals surface area contributed by atoms with Crippen LogP contribution in [-0.4, -0.2) is 25.8 Å². The molecule has 98 valence electrons. The van der Waals surface area contributed by atoms with Gasteiger partial charge in [-0.1, -0.05) is 18.2 Å². The molecule has 0 fully saturated rings. The molecule has 0 saturated carbocycles. The lowest BCUT2D eigenvalue weighted by molar-refractivity contribution is 0.288. The highest BCUT2D eigenvalue weighted by Crippen LogP contribution is 2.22. The maximum Gasteiger partial charge on any atom is 0.707 e. The van der Waals surface area contributed by atoms with Crippen LogP contribution in [0, 0.1) is 0 Å². The summed E-state index contributed by atoms with van der Waals surface area (Å²) in [6.07, 6.45) is 0. The van der Waals surface area contributed by atoms with Crippen LogP contribution >= 0.6 is 0 Å². The molecular formula is C12H11BO5S. The van der Waals surface area contributed by atoms with E-state index >= 15 is 0 Å². The van der Waals surface area contributed by atoms with Gasteiger partial charge in [0.05, 0.1) is 9.79 Å². The van der Waals surface area contributed by atoms with Crippen molar-refractivity contribution in [3.63, 3.8) is 0 Å². The summed E-state index contributed by atoms with van der Waals surface area (Å²) in [5.41, 5.74) is 0. The van der Waals surface area contributed by atoms with E-state index in [9.17, 15) is 8.42 Å². The SMILES string of the molecule is O=S(=O)(c1ccccc1)c1ccc(OB(O)O)cc1. The van der Waals surface area contributed by atoms with Gasteiger partial charge in [-0.25, -0.2) is 8.42 Å². The van der Waals surface area contributed by atoms with E-state index in [4.69, 9.17) is 10.0 Å². The summed E-state index contributed by atoms with van der Waals surface area (Å²) in [7, 11) is -5.50. The highest BCUT2D eigenvalue weighted by molar-refractivity contribution is 7.91. The maximum atomic E-state index is 12.2. The third-order valence-electron chi connectivity index (χ3n) is 2.43. The highest BCUT2D eigenvalue weighted by atomic mass is 32.2. The fourth-order valence-electron chi connectivity index (χ4n) is 1.55. The molecule has 5 nitrogen and oxygen atoms in total. The van der Waals surface area contributed by atoms with Crippen molar-refractivity contribution in [2.75, 3.05) is 0 Å². The third kappa shape index (κ3) is 3.14. The average molecular weight is 278 g/mol. The highest BCUT2D eigenvalue weighted by Gasteiger charge is 2.17. The summed E-state index contributed by atoms with van der Waals surface area (Å²) < 4.78 is 29.1. The molecule has 0 spiro atoms. The van der Waals surface area contributed by atoms with E-state index in [2.05, 4.69) is 4.65 Å². The molecule has 2 rings (SSSR count). The van der Waals surface area contributed by atoms with Crippen molar-refractivity contribution < 1.29 is 23.1 Å². The van der Waals surface area contributed by atoms with Crippen molar-refractivity contribution in [1.29, 1.82) is 0 Å². The topological polar surface area (TPSA) is 83.8 Å². The van der Waals surface area contributed by atoms with E-state index in [0.717, 1.165) is 0 Å². The summed E-state index contributed by atoms with van der Waals surface area (Å²) in [6.45, 7) is 0. The molecule has 2 aromatic rings. The van der Waals surface area contributed by atoms with E-state index < -0.39 is 17.2 Å². The van der Waals surface area contributed by atoms with Gasteiger partial charge in [0.25, 0.3) is 0 Å². The molecule has 0 heterocycles. The van der Waals surface area contributed by atoms with Crippen LogP contribution in [-0.2, 0) is 9.84 Å². The summed E-state index contributed by atoms with van der Waals surface area (Å²) in [6, 6.07) is 13.5. The molecule has 19 heavy (non-hydrogen) atoms. The molecule has 0 aliphatic carbocycles. The average Bonchev–Trinajstić information content (AvgIpc) is 2.40. The van der Waals surface area contributed by atoms with Gasteiger partial charge in [0.2, 0.25) is 9.84 Å². The van der Waals surface area contributed by atoms with Crippen LogP contribution in [0.1, 0.15) is 0 Å². The fraction of sp³-hybridized carbons (Fsp3) is 0. The molecule has 0 aliphatic heterocycles. The Morgan fingerprint density at radius 2 is 1.37 bits per heavy atom. The van der Waals surface area contributed by atoms with Crippen LogP contribution in [0.4, 0.5) is 0 Å². The molecule has 0 saturated heterocycles. The summed E-state index contributed by atoms with van der Waals surface area (Å²) >= 11 is 0. The van der Waals surface area contributed by atoms with Crippen molar-refractivity contribution >= 4 is 17.2 Å². The standard InChI is InChI=1S/C12H11BO5S/c14-13(15)18-10-6-8-12(9-7-10)19(16,17)11-4-2-1-3-5-11/h1-9,14-15H. The zero-order valence-corrected chi connectivity index (χ0v) is 10.6. The van der Waals surface area contributed by atoms with Gasteiger partial charge in [-0.3, -0.25) is 0 Å². The zero-order valence-electron chi connectivity index (χ0n) is 9.80. The van der Waals surface area contributed by atoms with Crippen LogP contribution < -0.4 is 4.65 Å². The van der Waals surface area contributed by atoms with Crippen molar-refractivity contribution in [3.05, 3.63) is 54.6 Å². The predicted molar refractivity (Wildman–Crippen MR) is 69.2 cm³/mol. The molecule has 0 unspecified atom stereocenters. The summed E-state index contributed by atoms with van der Waals surface area (Å²) in [4.78, 5) is 0.310. The van der Waals surface area contributed by atoms with Crippen LogP contribution in [0.25, 0.3) is 0 Å². The van der Waals surface area contributed by atoms with Crippen LogP contribution in [0.2, 0.25) is 0 Å². The van der Waals surface area contributed by atoms with Gasteiger partial charge in [-0.05, 0) is 36.4 Å². The number of hydrogen-bond acceptors (Lipinski definition) is 5. The minimum atomic E-state index is -3.56. The van der Waals surface area contributed by atoms with E-state index in [1.165, 1.54) is 36.4 Å². The molecule has 0 aromatic heterocycles. The van der Waals surface area contributed by atoms with E-state index in [1.54, 1.807) is 18.2 Å². The lowest BCUT2D eigenvalue weighted by Crippen LogP contribution is -2.20. The quantitative estimate of drug-likeness (QED) is 0.811. The Morgan fingerprint density at radius 3 is 1.89 bits per heavy atom. The number of benzene rings is 2. The first kappa shape index (κ1) is 13.6. The minimum absolute atomic E-state index is 0.110. The first-order valence-electron chi connectivity index (χ1n) is 5.43. The van der Waals surface area contributed by atoms with Gasteiger partial charge in [-0.15, -0.1) is 0 Å². The number of sulfone groups is 1. The summed E-state index contributed by atoms with van der Waals surface area (Å²) in [5, 5.41) is 17.3. The molecule has 0 aliphatic rings. The second kappa shape index (κ2) is 5.44. The second-order valence-electron chi connectivity index (χ2n) is 3.73. The Morgan fingerprint density at radius 1 is 0.842 bits per heavy atom. The summed E-state index contributed by atoms with van der Waals surface area (Å²) in [5.74, 6) is 0.169. The molecule has 0 atom stereocenters. The Bertz CT molecular complexity index is 638. The Balaban J connectivity index is 2.32. The van der Waals surface area contributed by atoms with Crippen molar-refractivity contribution in [1.82, 2.24) is 0 Å². The molecule has 0 radical (unpaired) electrons. The van der Waals surface area contributed by atoms with Crippen LogP contribution in [0.5, 0.6) is 5.75 Å². The smallest absolute Gasteiger partial charge is 0.512 e. The van der Waals surface area contributed by atoms with Crippen molar-refractivity contribution in [3.8, 4) is 5.75 Å². The van der Waals surface area contributed by atoms with Crippen LogP contribution in [0.3, 0.4) is 0 Å². The minimum Gasteiger partial charge on any atom is -0.512 e. The Hall–Kier alpha value is -1.83. The van der Waals surface area contributed by atoms with Gasteiger partial charge in [-0.2, -0.15) is 0 Å². The van der Waals surface area contributed by atoms with Crippen molar-refractivity contribution in [2.45, 2.75) is 9.79 Å². The second-order valence-corrected chi connectivity index (χ2v) is 5.68. The molecule has 0 amide bonds. The van der Waals surface area contributed by atoms with Gasteiger partial charge in [0, 0.05) is 0 Å². The van der Waals surface area contributed by atoms with Gasteiger partial charge >= 0.3 is 7.32 Å². The number of hydrogen-bond donors (Lipinski definition) is 2. The maximum absolute atomic E-state index is 12.2. The Labute approximate surface area is 111 Å². The predicted octanol–water partition coefficient (Wildman–Crippen LogP) is 0.868. The van der Waals surface area contributed by atoms with Gasteiger partial charge in [0.1, 0.15) is 5.75 Å². The Kier molecular flexibility index (Phi) is 3.89. The molecule has 2 aromatic carbocycles. The molecule has 2 N–H and O–H groups in total. The number of rotatable bonds is 4.